The molecule has 14 heavy (non-hydrogen) atoms. The van der Waals surface area contributed by atoms with E-state index in [4.69, 9.17) is 5.73 Å². The molecule has 1 aliphatic carbocycles. The third kappa shape index (κ3) is 2.76. The predicted molar refractivity (Wildman–Crippen MR) is 59.0 cm³/mol. The van der Waals surface area contributed by atoms with Crippen LogP contribution in [-0.2, 0) is 0 Å². The molecule has 3 N–H and O–H groups in total. The molecule has 1 aromatic rings. The number of nitrogens with two attached hydrogens (primary N) is 1. The lowest BCUT2D eigenvalue weighted by molar-refractivity contribution is 1.10. The van der Waals surface area contributed by atoms with Crippen LogP contribution in [0.5, 0.6) is 0 Å². The fraction of sp³-hybridized carbons (Fsp3) is 0.364. The van der Waals surface area contributed by atoms with Crippen LogP contribution < -0.4 is 11.1 Å². The second-order valence-corrected chi connectivity index (χ2v) is 3.62. The first-order chi connectivity index (χ1) is 6.84. The van der Waals surface area contributed by atoms with Crippen molar-refractivity contribution >= 4 is 11.5 Å². The number of pyridine rings is 1. The first-order valence-corrected chi connectivity index (χ1v) is 4.96. The van der Waals surface area contributed by atoms with Gasteiger partial charge >= 0.3 is 0 Å². The van der Waals surface area contributed by atoms with E-state index in [1.807, 2.05) is 12.1 Å². The van der Waals surface area contributed by atoms with Crippen LogP contribution in [-0.4, -0.2) is 11.5 Å². The lowest BCUT2D eigenvalue weighted by atomic mass is 10.3. The molecule has 1 heterocycles. The van der Waals surface area contributed by atoms with Gasteiger partial charge in [0.05, 0.1) is 11.9 Å². The van der Waals surface area contributed by atoms with Crippen molar-refractivity contribution in [3.05, 3.63) is 30.5 Å². The van der Waals surface area contributed by atoms with Crippen molar-refractivity contribution in [2.45, 2.75) is 12.8 Å². The molecule has 0 spiro atoms. The van der Waals surface area contributed by atoms with E-state index >= 15 is 0 Å². The topological polar surface area (TPSA) is 50.9 Å². The van der Waals surface area contributed by atoms with E-state index in [2.05, 4.69) is 22.5 Å². The van der Waals surface area contributed by atoms with Crippen LogP contribution in [0.1, 0.15) is 12.8 Å². The summed E-state index contributed by atoms with van der Waals surface area (Å²) in [5.41, 5.74) is 6.22. The maximum atomic E-state index is 5.53. The predicted octanol–water partition coefficient (Wildman–Crippen LogP) is 2.04. The van der Waals surface area contributed by atoms with E-state index in [0.717, 1.165) is 18.3 Å². The van der Waals surface area contributed by atoms with Gasteiger partial charge in [0.15, 0.2) is 0 Å². The Morgan fingerprint density at radius 2 is 2.36 bits per heavy atom. The summed E-state index contributed by atoms with van der Waals surface area (Å²) < 4.78 is 0. The second kappa shape index (κ2) is 4.13. The van der Waals surface area contributed by atoms with Crippen molar-refractivity contribution < 1.29 is 0 Å². The molecule has 0 amide bonds. The highest BCUT2D eigenvalue weighted by Crippen LogP contribution is 2.29. The minimum atomic E-state index is 0.698. The van der Waals surface area contributed by atoms with Crippen LogP contribution in [0.4, 0.5) is 11.5 Å². The zero-order valence-corrected chi connectivity index (χ0v) is 8.11. The Bertz CT molecular complexity index is 312. The first-order valence-electron chi connectivity index (χ1n) is 4.96. The average Bonchev–Trinajstić information content (AvgIpc) is 2.99. The van der Waals surface area contributed by atoms with Crippen LogP contribution in [0, 0.1) is 5.92 Å². The number of nitrogen functional groups attached to an aromatic ring is 1. The molecule has 0 saturated heterocycles. The second-order valence-electron chi connectivity index (χ2n) is 3.62. The van der Waals surface area contributed by atoms with Gasteiger partial charge in [0, 0.05) is 6.54 Å². The SMILES string of the molecule is Nc1ccc(NC/C=C/C2CC2)nc1. The summed E-state index contributed by atoms with van der Waals surface area (Å²) in [6, 6.07) is 3.74. The summed E-state index contributed by atoms with van der Waals surface area (Å²) in [7, 11) is 0. The lowest BCUT2D eigenvalue weighted by Gasteiger charge is -2.01. The molecular formula is C11H15N3. The van der Waals surface area contributed by atoms with Gasteiger partial charge in [0.1, 0.15) is 5.82 Å². The zero-order valence-electron chi connectivity index (χ0n) is 8.11. The standard InChI is InChI=1S/C11H15N3/c12-10-5-6-11(14-8-10)13-7-1-2-9-3-4-9/h1-2,5-6,8-9H,3-4,7,12H2,(H,13,14)/b2-1+. The van der Waals surface area contributed by atoms with E-state index in [0.29, 0.717) is 5.69 Å². The third-order valence-corrected chi connectivity index (χ3v) is 2.22. The molecule has 3 nitrogen and oxygen atoms in total. The molecule has 0 bridgehead atoms. The van der Waals surface area contributed by atoms with Crippen molar-refractivity contribution in [2.75, 3.05) is 17.6 Å². The minimum Gasteiger partial charge on any atom is -0.397 e. The lowest BCUT2D eigenvalue weighted by Crippen LogP contribution is -2.00. The smallest absolute Gasteiger partial charge is 0.126 e. The van der Waals surface area contributed by atoms with Gasteiger partial charge in [-0.2, -0.15) is 0 Å². The highest BCUT2D eigenvalue weighted by molar-refractivity contribution is 5.43. The summed E-state index contributed by atoms with van der Waals surface area (Å²) in [6.07, 6.45) is 8.81. The van der Waals surface area contributed by atoms with Gasteiger partial charge in [0.2, 0.25) is 0 Å². The summed E-state index contributed by atoms with van der Waals surface area (Å²) in [5, 5.41) is 3.20. The number of hydrogen-bond donors (Lipinski definition) is 2. The van der Waals surface area contributed by atoms with Crippen LogP contribution in [0.15, 0.2) is 30.5 Å². The molecule has 1 aliphatic rings. The third-order valence-electron chi connectivity index (χ3n) is 2.22. The van der Waals surface area contributed by atoms with Crippen molar-refractivity contribution in [1.29, 1.82) is 0 Å². The Kier molecular flexibility index (Phi) is 2.68. The highest BCUT2D eigenvalue weighted by atomic mass is 15.0. The van der Waals surface area contributed by atoms with E-state index in [1.54, 1.807) is 6.20 Å². The first kappa shape index (κ1) is 9.06. The minimum absolute atomic E-state index is 0.698. The van der Waals surface area contributed by atoms with Crippen LogP contribution in [0.25, 0.3) is 0 Å². The van der Waals surface area contributed by atoms with Gasteiger partial charge in [-0.25, -0.2) is 4.98 Å². The summed E-state index contributed by atoms with van der Waals surface area (Å²) in [5.74, 6) is 1.72. The number of hydrogen-bond acceptors (Lipinski definition) is 3. The largest absolute Gasteiger partial charge is 0.397 e. The fourth-order valence-corrected chi connectivity index (χ4v) is 1.22. The Hall–Kier alpha value is -1.51. The normalized spacial score (nSPS) is 16.0. The Morgan fingerprint density at radius 1 is 1.50 bits per heavy atom. The number of nitrogens with zero attached hydrogens (tertiary/aromatic N) is 1. The number of anilines is 2. The molecule has 1 aromatic heterocycles. The van der Waals surface area contributed by atoms with Crippen molar-refractivity contribution in [1.82, 2.24) is 4.98 Å². The van der Waals surface area contributed by atoms with E-state index in [9.17, 15) is 0 Å². The molecule has 0 aromatic carbocycles. The van der Waals surface area contributed by atoms with Crippen molar-refractivity contribution in [2.24, 2.45) is 5.92 Å². The summed E-state index contributed by atoms with van der Waals surface area (Å²) in [6.45, 7) is 0.841. The Morgan fingerprint density at radius 3 is 3.00 bits per heavy atom. The molecule has 2 rings (SSSR count). The fourth-order valence-electron chi connectivity index (χ4n) is 1.22. The molecule has 1 fully saturated rings. The van der Waals surface area contributed by atoms with Gasteiger partial charge < -0.3 is 11.1 Å². The van der Waals surface area contributed by atoms with Gasteiger partial charge in [-0.05, 0) is 30.9 Å². The van der Waals surface area contributed by atoms with Crippen LogP contribution in [0.3, 0.4) is 0 Å². The quantitative estimate of drug-likeness (QED) is 0.713. The molecular weight excluding hydrogens is 174 g/mol. The Labute approximate surface area is 84.0 Å². The monoisotopic (exact) mass is 189 g/mol. The molecule has 74 valence electrons. The average molecular weight is 189 g/mol. The number of aromatic nitrogens is 1. The van der Waals surface area contributed by atoms with Gasteiger partial charge in [-0.15, -0.1) is 0 Å². The summed E-state index contributed by atoms with van der Waals surface area (Å²) >= 11 is 0. The maximum Gasteiger partial charge on any atom is 0.126 e. The maximum absolute atomic E-state index is 5.53. The van der Waals surface area contributed by atoms with Crippen molar-refractivity contribution in [3.8, 4) is 0 Å². The van der Waals surface area contributed by atoms with E-state index < -0.39 is 0 Å². The van der Waals surface area contributed by atoms with Gasteiger partial charge in [0.25, 0.3) is 0 Å². The van der Waals surface area contributed by atoms with E-state index in [-0.39, 0.29) is 0 Å². The molecule has 0 aliphatic heterocycles. The number of rotatable bonds is 4. The molecule has 0 unspecified atom stereocenters. The zero-order chi connectivity index (χ0) is 9.80. The number of nitrogens with one attached hydrogen (secondary N) is 1. The molecule has 0 radical (unpaired) electrons. The van der Waals surface area contributed by atoms with Crippen LogP contribution in [0.2, 0.25) is 0 Å². The molecule has 1 saturated carbocycles. The molecule has 3 heteroatoms. The number of allylic oxidation sites excluding steroid dienone is 1. The van der Waals surface area contributed by atoms with Gasteiger partial charge in [-0.1, -0.05) is 12.2 Å². The van der Waals surface area contributed by atoms with Crippen LogP contribution >= 0.6 is 0 Å². The van der Waals surface area contributed by atoms with E-state index in [1.165, 1.54) is 12.8 Å². The molecule has 0 atom stereocenters. The summed E-state index contributed by atoms with van der Waals surface area (Å²) in [4.78, 5) is 4.14. The van der Waals surface area contributed by atoms with Gasteiger partial charge in [-0.3, -0.25) is 0 Å². The Balaban J connectivity index is 1.76. The highest BCUT2D eigenvalue weighted by Gasteiger charge is 2.16. The van der Waals surface area contributed by atoms with Crippen molar-refractivity contribution in [3.63, 3.8) is 0 Å².